The number of amides is 2. The van der Waals surface area contributed by atoms with E-state index in [1.165, 1.54) is 12.1 Å². The second-order valence-electron chi connectivity index (χ2n) is 2.66. The number of carboxylic acid groups (broad SMARTS) is 1. The largest absolute Gasteiger partial charge is 0.480 e. The number of hydrogen-bond acceptors (Lipinski definition) is 5. The molecule has 0 saturated heterocycles. The fourth-order valence-corrected chi connectivity index (χ4v) is 1.19. The van der Waals surface area contributed by atoms with E-state index in [0.29, 0.717) is 15.8 Å². The van der Waals surface area contributed by atoms with Crippen LogP contribution in [0.4, 0.5) is 4.79 Å². The van der Waals surface area contributed by atoms with E-state index < -0.39 is 18.6 Å². The van der Waals surface area contributed by atoms with Crippen molar-refractivity contribution in [2.45, 2.75) is 0 Å². The Balaban J connectivity index is -0.000000379. The molecule has 0 aliphatic carbocycles. The summed E-state index contributed by atoms with van der Waals surface area (Å²) >= 11 is 11.3. The predicted octanol–water partition coefficient (Wildman–Crippen LogP) is 1.80. The molecule has 1 aromatic rings. The van der Waals surface area contributed by atoms with Gasteiger partial charge in [-0.1, -0.05) is 23.2 Å². The lowest BCUT2D eigenvalue weighted by Crippen LogP contribution is -2.18. The summed E-state index contributed by atoms with van der Waals surface area (Å²) in [5.41, 5.74) is 8.50. The van der Waals surface area contributed by atoms with Crippen molar-refractivity contribution in [2.75, 3.05) is 6.61 Å². The molecule has 0 atom stereocenters. The van der Waals surface area contributed by atoms with E-state index in [0.717, 1.165) is 0 Å². The maximum Gasteiger partial charge on any atom is 0.341 e. The molecule has 10 heteroatoms. The predicted molar refractivity (Wildman–Crippen MR) is 73.4 cm³/mol. The third kappa shape index (κ3) is 12.5. The molecule has 8 nitrogen and oxygen atoms in total. The van der Waals surface area contributed by atoms with E-state index in [9.17, 15) is 4.79 Å². The smallest absolute Gasteiger partial charge is 0.341 e. The van der Waals surface area contributed by atoms with Crippen LogP contribution in [0.2, 0.25) is 10.0 Å². The first-order valence-electron chi connectivity index (χ1n) is 4.17. The van der Waals surface area contributed by atoms with Gasteiger partial charge in [0.05, 0.1) is 5.02 Å². The second kappa shape index (κ2) is 11.4. The molecule has 19 heavy (non-hydrogen) atoms. The minimum absolute atomic E-state index is 0. The Labute approximate surface area is 119 Å². The Morgan fingerprint density at radius 2 is 1.68 bits per heavy atom. The van der Waals surface area contributed by atoms with Gasteiger partial charge in [0.15, 0.2) is 6.61 Å². The quantitative estimate of drug-likeness (QED) is 0.565. The van der Waals surface area contributed by atoms with Crippen LogP contribution in [0.3, 0.4) is 0 Å². The molecule has 0 unspecified atom stereocenters. The highest BCUT2D eigenvalue weighted by molar-refractivity contribution is 6.35. The number of carbonyl (C=O) groups excluding carboxylic acids is 1. The molecule has 0 aliphatic heterocycles. The Morgan fingerprint density at radius 3 is 2.05 bits per heavy atom. The summed E-state index contributed by atoms with van der Waals surface area (Å²) in [5.74, 6) is -0.737. The Hall–Kier alpha value is -1.74. The van der Waals surface area contributed by atoms with Gasteiger partial charge < -0.3 is 33.6 Å². The molecule has 1 aromatic carbocycles. The number of aliphatic carboxylic acids is 1. The van der Waals surface area contributed by atoms with Gasteiger partial charge in [-0.2, -0.15) is 0 Å². The topological polar surface area (TPSA) is 186 Å². The highest BCUT2D eigenvalue weighted by atomic mass is 35.5. The fraction of sp³-hybridized carbons (Fsp3) is 0.111. The molecule has 2 amide bonds. The minimum Gasteiger partial charge on any atom is -0.480 e. The van der Waals surface area contributed by atoms with Crippen molar-refractivity contribution >= 4 is 35.2 Å². The zero-order chi connectivity index (χ0) is 13.4. The van der Waals surface area contributed by atoms with Crippen LogP contribution in [0.1, 0.15) is 0 Å². The lowest BCUT2D eigenvalue weighted by Gasteiger charge is -2.04. The Kier molecular flexibility index (Phi) is 13.4. The molecule has 110 valence electrons. The SMILES string of the molecule is N.N.NC(N)=O.O=C(O)COc1ccc(Cl)cc1Cl. The van der Waals surface area contributed by atoms with Crippen LogP contribution in [0.25, 0.3) is 0 Å². The number of carboxylic acids is 1. The van der Waals surface area contributed by atoms with Gasteiger partial charge in [-0.05, 0) is 18.2 Å². The molecule has 0 aromatic heterocycles. The van der Waals surface area contributed by atoms with E-state index in [1.54, 1.807) is 6.07 Å². The third-order valence-electron chi connectivity index (χ3n) is 1.25. The van der Waals surface area contributed by atoms with Crippen molar-refractivity contribution < 1.29 is 19.4 Å². The van der Waals surface area contributed by atoms with Crippen LogP contribution in [0.5, 0.6) is 5.75 Å². The number of rotatable bonds is 3. The van der Waals surface area contributed by atoms with Crippen molar-refractivity contribution in [1.82, 2.24) is 12.3 Å². The van der Waals surface area contributed by atoms with E-state index in [4.69, 9.17) is 37.8 Å². The number of ether oxygens (including phenoxy) is 1. The van der Waals surface area contributed by atoms with Crippen LogP contribution in [0, 0.1) is 0 Å². The van der Waals surface area contributed by atoms with Crippen molar-refractivity contribution in [2.24, 2.45) is 11.5 Å². The van der Waals surface area contributed by atoms with Crippen LogP contribution >= 0.6 is 23.2 Å². The average molecular weight is 315 g/mol. The molecule has 0 aliphatic rings. The zero-order valence-electron chi connectivity index (χ0n) is 9.94. The molecule has 0 saturated carbocycles. The van der Waals surface area contributed by atoms with E-state index in [1.807, 2.05) is 0 Å². The molecule has 0 heterocycles. The van der Waals surface area contributed by atoms with Gasteiger partial charge in [-0.25, -0.2) is 9.59 Å². The standard InChI is InChI=1S/C8H6Cl2O3.CH4N2O.2H3N/c9-5-1-2-7(6(10)3-5)13-4-8(11)12;2-1(3)4;;/h1-3H,4H2,(H,11,12);(H4,2,3,4);2*1H3. The number of halogens is 2. The minimum atomic E-state index is -1.05. The zero-order valence-corrected chi connectivity index (χ0v) is 11.4. The van der Waals surface area contributed by atoms with Crippen LogP contribution in [-0.2, 0) is 4.79 Å². The summed E-state index contributed by atoms with van der Waals surface area (Å²) < 4.78 is 4.86. The van der Waals surface area contributed by atoms with E-state index in [-0.39, 0.29) is 12.3 Å². The van der Waals surface area contributed by atoms with Gasteiger partial charge in [0, 0.05) is 5.02 Å². The van der Waals surface area contributed by atoms with E-state index in [2.05, 4.69) is 11.5 Å². The fourth-order valence-electron chi connectivity index (χ4n) is 0.732. The number of nitrogens with two attached hydrogens (primary N) is 2. The maximum atomic E-state index is 10.2. The summed E-state index contributed by atoms with van der Waals surface area (Å²) in [6.45, 7) is -0.415. The summed E-state index contributed by atoms with van der Waals surface area (Å²) in [6.07, 6.45) is 0. The molecule has 1 rings (SSSR count). The molecular formula is C9H16Cl2N4O4. The van der Waals surface area contributed by atoms with Crippen LogP contribution < -0.4 is 28.5 Å². The third-order valence-corrected chi connectivity index (χ3v) is 1.78. The first-order chi connectivity index (χ1) is 7.82. The highest BCUT2D eigenvalue weighted by Crippen LogP contribution is 2.27. The first kappa shape index (κ1) is 22.4. The second-order valence-corrected chi connectivity index (χ2v) is 3.50. The molecule has 0 fully saturated rings. The summed E-state index contributed by atoms with van der Waals surface area (Å²) in [7, 11) is 0. The van der Waals surface area contributed by atoms with Crippen molar-refractivity contribution in [3.05, 3.63) is 28.2 Å². The molecule has 0 radical (unpaired) electrons. The Bertz CT molecular complexity index is 413. The number of benzene rings is 1. The van der Waals surface area contributed by atoms with Gasteiger partial charge in [-0.15, -0.1) is 0 Å². The molecule has 11 N–H and O–H groups in total. The van der Waals surface area contributed by atoms with Gasteiger partial charge in [-0.3, -0.25) is 0 Å². The van der Waals surface area contributed by atoms with Crippen LogP contribution in [-0.4, -0.2) is 23.7 Å². The van der Waals surface area contributed by atoms with Gasteiger partial charge in [0.1, 0.15) is 5.75 Å². The van der Waals surface area contributed by atoms with E-state index >= 15 is 0 Å². The molecule has 0 spiro atoms. The van der Waals surface area contributed by atoms with Gasteiger partial charge >= 0.3 is 12.0 Å². The monoisotopic (exact) mass is 314 g/mol. The summed E-state index contributed by atoms with van der Waals surface area (Å²) in [6, 6.07) is 3.75. The van der Waals surface area contributed by atoms with Gasteiger partial charge in [0.2, 0.25) is 0 Å². The van der Waals surface area contributed by atoms with Crippen LogP contribution in [0.15, 0.2) is 18.2 Å². The lowest BCUT2D eigenvalue weighted by molar-refractivity contribution is -0.139. The Morgan fingerprint density at radius 1 is 1.21 bits per heavy atom. The molecular weight excluding hydrogens is 299 g/mol. The van der Waals surface area contributed by atoms with Crippen molar-refractivity contribution in [3.8, 4) is 5.75 Å². The lowest BCUT2D eigenvalue weighted by atomic mass is 10.3. The van der Waals surface area contributed by atoms with Crippen molar-refractivity contribution in [3.63, 3.8) is 0 Å². The highest BCUT2D eigenvalue weighted by Gasteiger charge is 2.04. The first-order valence-corrected chi connectivity index (χ1v) is 4.93. The maximum absolute atomic E-state index is 10.2. The normalized spacial score (nSPS) is 7.89. The number of hydrogen-bond donors (Lipinski definition) is 5. The average Bonchev–Trinajstić information content (AvgIpc) is 2.15. The van der Waals surface area contributed by atoms with Crippen molar-refractivity contribution in [1.29, 1.82) is 0 Å². The number of urea groups is 1. The van der Waals surface area contributed by atoms with Gasteiger partial charge in [0.25, 0.3) is 0 Å². The number of primary amides is 2. The summed E-state index contributed by atoms with van der Waals surface area (Å²) in [4.78, 5) is 19.2. The number of carbonyl (C=O) groups is 2. The summed E-state index contributed by atoms with van der Waals surface area (Å²) in [5, 5.41) is 9.11. The molecule has 0 bridgehead atoms.